The zero-order chi connectivity index (χ0) is 11.6. The van der Waals surface area contributed by atoms with E-state index in [0.717, 1.165) is 6.17 Å². The van der Waals surface area contributed by atoms with Gasteiger partial charge < -0.3 is 0 Å². The highest BCUT2D eigenvalue weighted by molar-refractivity contribution is 6.88. The Morgan fingerprint density at radius 1 is 1.19 bits per heavy atom. The second-order valence-electron chi connectivity index (χ2n) is 5.00. The number of aryl methyl sites for hydroxylation is 1. The van der Waals surface area contributed by atoms with Crippen molar-refractivity contribution in [2.75, 3.05) is 0 Å². The van der Waals surface area contributed by atoms with E-state index in [4.69, 9.17) is 0 Å². The molecule has 0 saturated carbocycles. The van der Waals surface area contributed by atoms with E-state index in [0.29, 0.717) is 0 Å². The van der Waals surface area contributed by atoms with Gasteiger partial charge in [-0.1, -0.05) is 48.6 Å². The number of benzene rings is 1. The quantitative estimate of drug-likeness (QED) is 0.559. The maximum atomic E-state index is 2.42. The Morgan fingerprint density at radius 3 is 2.44 bits per heavy atom. The molecular formula is C13H19N2Si+. The third kappa shape index (κ3) is 2.42. The van der Waals surface area contributed by atoms with Crippen molar-refractivity contribution in [3.05, 3.63) is 49.1 Å². The van der Waals surface area contributed by atoms with E-state index < -0.39 is 8.07 Å². The van der Waals surface area contributed by atoms with Gasteiger partial charge in [-0.2, -0.15) is 0 Å². The number of aromatic nitrogens is 2. The summed E-state index contributed by atoms with van der Waals surface area (Å²) in [7, 11) is 0.706. The standard InChI is InChI=1S/C13H19N2Si/c1-14-9-10-15(11-14)12-16(2,3)13-7-5-4-6-8-13/h4-11H,12H2,1-3H3/q+1. The molecule has 0 bridgehead atoms. The lowest BCUT2D eigenvalue weighted by Gasteiger charge is -2.20. The van der Waals surface area contributed by atoms with Crippen LogP contribution in [-0.2, 0) is 13.2 Å². The molecule has 1 aromatic heterocycles. The Morgan fingerprint density at radius 2 is 1.88 bits per heavy atom. The minimum atomic E-state index is -1.36. The molecule has 1 heterocycles. The van der Waals surface area contributed by atoms with Crippen LogP contribution in [0.15, 0.2) is 49.1 Å². The average Bonchev–Trinajstić information content (AvgIpc) is 2.64. The van der Waals surface area contributed by atoms with Crippen LogP contribution in [0.1, 0.15) is 0 Å². The molecule has 84 valence electrons. The van der Waals surface area contributed by atoms with Crippen LogP contribution in [0.2, 0.25) is 13.1 Å². The molecule has 0 fully saturated rings. The molecule has 3 heteroatoms. The van der Waals surface area contributed by atoms with E-state index in [-0.39, 0.29) is 0 Å². The van der Waals surface area contributed by atoms with Crippen LogP contribution < -0.4 is 9.75 Å². The highest BCUT2D eigenvalue weighted by atomic mass is 28.3. The summed E-state index contributed by atoms with van der Waals surface area (Å²) in [6.07, 6.45) is 7.53. The molecule has 0 aliphatic rings. The minimum absolute atomic E-state index is 1.14. The van der Waals surface area contributed by atoms with E-state index in [1.54, 1.807) is 0 Å². The number of hydrogen-bond donors (Lipinski definition) is 0. The number of nitrogens with zero attached hydrogens (tertiary/aromatic N) is 2. The third-order valence-electron chi connectivity index (χ3n) is 2.96. The first-order chi connectivity index (χ1) is 7.58. The number of imidazole rings is 1. The van der Waals surface area contributed by atoms with Gasteiger partial charge in [0.25, 0.3) is 0 Å². The first-order valence-corrected chi connectivity index (χ1v) is 8.85. The summed E-state index contributed by atoms with van der Waals surface area (Å²) in [6.45, 7) is 4.84. The van der Waals surface area contributed by atoms with E-state index in [1.807, 2.05) is 0 Å². The molecule has 0 amide bonds. The van der Waals surface area contributed by atoms with E-state index in [2.05, 4.69) is 78.3 Å². The lowest BCUT2D eigenvalue weighted by molar-refractivity contribution is -0.671. The Bertz CT molecular complexity index is 460. The monoisotopic (exact) mass is 231 g/mol. The van der Waals surface area contributed by atoms with Gasteiger partial charge in [0.15, 0.2) is 0 Å². The van der Waals surface area contributed by atoms with E-state index in [1.165, 1.54) is 5.19 Å². The topological polar surface area (TPSA) is 8.81 Å². The van der Waals surface area contributed by atoms with Crippen molar-refractivity contribution in [1.29, 1.82) is 0 Å². The molecule has 0 saturated heterocycles. The Labute approximate surface area is 98.2 Å². The van der Waals surface area contributed by atoms with Gasteiger partial charge in [-0.15, -0.1) is 0 Å². The first-order valence-electron chi connectivity index (χ1n) is 5.64. The molecule has 0 atom stereocenters. The average molecular weight is 231 g/mol. The van der Waals surface area contributed by atoms with Gasteiger partial charge in [0, 0.05) is 0 Å². The van der Waals surface area contributed by atoms with Crippen LogP contribution in [0.25, 0.3) is 0 Å². The van der Waals surface area contributed by atoms with Crippen LogP contribution in [0.4, 0.5) is 0 Å². The molecule has 16 heavy (non-hydrogen) atoms. The molecule has 2 rings (SSSR count). The molecule has 2 nitrogen and oxygen atoms in total. The van der Waals surface area contributed by atoms with Crippen molar-refractivity contribution in [1.82, 2.24) is 4.57 Å². The summed E-state index contributed by atoms with van der Waals surface area (Å²) >= 11 is 0. The Balaban J connectivity index is 2.20. The first kappa shape index (κ1) is 11.1. The maximum absolute atomic E-state index is 2.42. The Hall–Kier alpha value is -1.35. The van der Waals surface area contributed by atoms with Gasteiger partial charge in [-0.25, -0.2) is 9.13 Å². The largest absolute Gasteiger partial charge is 0.243 e. The van der Waals surface area contributed by atoms with Crippen molar-refractivity contribution >= 4 is 13.3 Å². The summed E-state index contributed by atoms with van der Waals surface area (Å²) < 4.78 is 4.38. The molecule has 2 aromatic rings. The molecule has 1 aromatic carbocycles. The molecule has 0 aliphatic heterocycles. The minimum Gasteiger partial charge on any atom is -0.240 e. The second-order valence-corrected chi connectivity index (χ2v) is 9.66. The van der Waals surface area contributed by atoms with Crippen LogP contribution >= 0.6 is 0 Å². The fourth-order valence-electron chi connectivity index (χ4n) is 2.03. The van der Waals surface area contributed by atoms with Crippen molar-refractivity contribution < 1.29 is 4.57 Å². The predicted octanol–water partition coefficient (Wildman–Crippen LogP) is 1.47. The zero-order valence-corrected chi connectivity index (χ0v) is 11.2. The molecule has 0 N–H and O–H groups in total. The van der Waals surface area contributed by atoms with E-state index >= 15 is 0 Å². The Kier molecular flexibility index (Phi) is 2.96. The van der Waals surface area contributed by atoms with Crippen LogP contribution in [0.3, 0.4) is 0 Å². The van der Waals surface area contributed by atoms with Gasteiger partial charge in [0.2, 0.25) is 6.33 Å². The molecule has 0 spiro atoms. The molecule has 0 radical (unpaired) electrons. The number of hydrogen-bond acceptors (Lipinski definition) is 0. The molecule has 0 unspecified atom stereocenters. The highest BCUT2D eigenvalue weighted by Crippen LogP contribution is 2.06. The fourth-order valence-corrected chi connectivity index (χ4v) is 4.41. The SMILES string of the molecule is C[n+]1ccn(C[Si](C)(C)c2ccccc2)c1. The lowest BCUT2D eigenvalue weighted by Crippen LogP contribution is -2.45. The summed E-state index contributed by atoms with van der Waals surface area (Å²) in [5, 5.41) is 1.52. The molecule has 0 aliphatic carbocycles. The fraction of sp³-hybridized carbons (Fsp3) is 0.308. The van der Waals surface area contributed by atoms with Crippen molar-refractivity contribution in [2.45, 2.75) is 19.3 Å². The third-order valence-corrected chi connectivity index (χ3v) is 6.01. The summed E-state index contributed by atoms with van der Waals surface area (Å²) in [5.41, 5.74) is 0. The van der Waals surface area contributed by atoms with Crippen LogP contribution in [0.5, 0.6) is 0 Å². The van der Waals surface area contributed by atoms with Gasteiger partial charge >= 0.3 is 0 Å². The van der Waals surface area contributed by atoms with Gasteiger partial charge in [0.1, 0.15) is 20.5 Å². The zero-order valence-electron chi connectivity index (χ0n) is 10.2. The van der Waals surface area contributed by atoms with Crippen molar-refractivity contribution in [2.24, 2.45) is 7.05 Å². The normalized spacial score (nSPS) is 11.7. The lowest BCUT2D eigenvalue weighted by atomic mass is 10.4. The number of rotatable bonds is 3. The van der Waals surface area contributed by atoms with Crippen molar-refractivity contribution in [3.63, 3.8) is 0 Å². The smallest absolute Gasteiger partial charge is 0.240 e. The second kappa shape index (κ2) is 4.26. The predicted molar refractivity (Wildman–Crippen MR) is 69.2 cm³/mol. The van der Waals surface area contributed by atoms with Crippen molar-refractivity contribution in [3.8, 4) is 0 Å². The van der Waals surface area contributed by atoms with Gasteiger partial charge in [-0.3, -0.25) is 0 Å². The maximum Gasteiger partial charge on any atom is 0.243 e. The van der Waals surface area contributed by atoms with E-state index in [9.17, 15) is 0 Å². The van der Waals surface area contributed by atoms with Gasteiger partial charge in [0.05, 0.1) is 13.2 Å². The summed E-state index contributed by atoms with van der Waals surface area (Å²) in [6, 6.07) is 10.9. The van der Waals surface area contributed by atoms with Gasteiger partial charge in [-0.05, 0) is 0 Å². The van der Waals surface area contributed by atoms with Crippen LogP contribution in [0, 0.1) is 0 Å². The summed E-state index contributed by atoms with van der Waals surface area (Å²) in [4.78, 5) is 0. The van der Waals surface area contributed by atoms with Crippen LogP contribution in [-0.4, -0.2) is 12.6 Å². The highest BCUT2D eigenvalue weighted by Gasteiger charge is 2.26. The molecular weight excluding hydrogens is 212 g/mol. The summed E-state index contributed by atoms with van der Waals surface area (Å²) in [5.74, 6) is 0.